The zero-order valence-corrected chi connectivity index (χ0v) is 11.7. The van der Waals surface area contributed by atoms with Gasteiger partial charge in [0, 0.05) is 13.6 Å². The maximum absolute atomic E-state index is 4.39. The first-order valence-corrected chi connectivity index (χ1v) is 6.68. The average molecular weight is 267 g/mol. The van der Waals surface area contributed by atoms with Gasteiger partial charge in [0.15, 0.2) is 5.82 Å². The summed E-state index contributed by atoms with van der Waals surface area (Å²) in [7, 11) is 1.92. The smallest absolute Gasteiger partial charge is 0.155 e. The molecule has 0 fully saturated rings. The highest BCUT2D eigenvalue weighted by Gasteiger charge is 2.11. The Bertz CT molecular complexity index is 718. The molecule has 0 unspecified atom stereocenters. The van der Waals surface area contributed by atoms with Crippen LogP contribution in [0.15, 0.2) is 36.7 Å². The van der Waals surface area contributed by atoms with Crippen molar-refractivity contribution in [2.45, 2.75) is 13.3 Å². The van der Waals surface area contributed by atoms with E-state index in [0.29, 0.717) is 0 Å². The molecule has 0 amide bonds. The van der Waals surface area contributed by atoms with E-state index in [1.165, 1.54) is 5.56 Å². The Morgan fingerprint density at radius 3 is 2.75 bits per heavy atom. The van der Waals surface area contributed by atoms with Crippen LogP contribution in [0.25, 0.3) is 11.0 Å². The first kappa shape index (κ1) is 12.6. The van der Waals surface area contributed by atoms with Gasteiger partial charge in [0.25, 0.3) is 0 Å². The predicted octanol–water partition coefficient (Wildman–Crippen LogP) is 2.33. The second kappa shape index (κ2) is 5.28. The Labute approximate surface area is 117 Å². The molecular formula is C15H17N5. The van der Waals surface area contributed by atoms with E-state index in [4.69, 9.17) is 0 Å². The number of fused-ring (bicyclic) bond motifs is 1. The van der Waals surface area contributed by atoms with Crippen LogP contribution in [-0.4, -0.2) is 26.3 Å². The molecule has 0 atom stereocenters. The monoisotopic (exact) mass is 267 g/mol. The molecule has 0 saturated heterocycles. The van der Waals surface area contributed by atoms with Crippen LogP contribution >= 0.6 is 0 Å². The van der Waals surface area contributed by atoms with Crippen LogP contribution in [0.1, 0.15) is 11.3 Å². The fourth-order valence-electron chi connectivity index (χ4n) is 2.37. The minimum atomic E-state index is 0.834. The van der Waals surface area contributed by atoms with Gasteiger partial charge in [-0.2, -0.15) is 5.10 Å². The highest BCUT2D eigenvalue weighted by Crippen LogP contribution is 2.20. The van der Waals surface area contributed by atoms with E-state index >= 15 is 0 Å². The average Bonchev–Trinajstić information content (AvgIpc) is 2.76. The minimum Gasteiger partial charge on any atom is -0.368 e. The number of aryl methyl sites for hydroxylation is 2. The fourth-order valence-corrected chi connectivity index (χ4v) is 2.37. The van der Waals surface area contributed by atoms with Crippen LogP contribution in [0.2, 0.25) is 0 Å². The topological polar surface area (TPSA) is 55.6 Å². The van der Waals surface area contributed by atoms with Gasteiger partial charge in [0.1, 0.15) is 17.4 Å². The van der Waals surface area contributed by atoms with Crippen molar-refractivity contribution >= 4 is 16.9 Å². The molecule has 1 N–H and O–H groups in total. The van der Waals surface area contributed by atoms with Crippen LogP contribution in [0.4, 0.5) is 5.82 Å². The van der Waals surface area contributed by atoms with Crippen LogP contribution in [0.3, 0.4) is 0 Å². The molecule has 5 nitrogen and oxygen atoms in total. The summed E-state index contributed by atoms with van der Waals surface area (Å²) in [5.74, 6) is 0.842. The lowest BCUT2D eigenvalue weighted by Crippen LogP contribution is -2.08. The normalized spacial score (nSPS) is 10.9. The molecule has 0 saturated carbocycles. The molecule has 0 radical (unpaired) electrons. The van der Waals surface area contributed by atoms with Gasteiger partial charge in [0.2, 0.25) is 0 Å². The number of hydrogen-bond acceptors (Lipinski definition) is 4. The van der Waals surface area contributed by atoms with Crippen LogP contribution in [0.5, 0.6) is 0 Å². The van der Waals surface area contributed by atoms with Crippen molar-refractivity contribution in [2.24, 2.45) is 7.05 Å². The van der Waals surface area contributed by atoms with Crippen molar-refractivity contribution in [1.29, 1.82) is 0 Å². The van der Waals surface area contributed by atoms with Crippen LogP contribution in [-0.2, 0) is 13.5 Å². The molecule has 0 bridgehead atoms. The Morgan fingerprint density at radius 2 is 1.95 bits per heavy atom. The number of aromatic nitrogens is 4. The van der Waals surface area contributed by atoms with Crippen molar-refractivity contribution < 1.29 is 0 Å². The molecule has 2 heterocycles. The lowest BCUT2D eigenvalue weighted by Gasteiger charge is -2.07. The van der Waals surface area contributed by atoms with Gasteiger partial charge >= 0.3 is 0 Å². The number of rotatable bonds is 4. The lowest BCUT2D eigenvalue weighted by molar-refractivity contribution is 0.782. The molecular weight excluding hydrogens is 250 g/mol. The number of benzene rings is 1. The summed E-state index contributed by atoms with van der Waals surface area (Å²) >= 11 is 0. The predicted molar refractivity (Wildman–Crippen MR) is 79.7 cm³/mol. The maximum Gasteiger partial charge on any atom is 0.155 e. The Hall–Kier alpha value is -2.43. The number of nitrogens with one attached hydrogen (secondary N) is 1. The zero-order chi connectivity index (χ0) is 13.9. The molecule has 0 aliphatic carbocycles. The van der Waals surface area contributed by atoms with Crippen molar-refractivity contribution in [3.05, 3.63) is 47.9 Å². The quantitative estimate of drug-likeness (QED) is 0.788. The summed E-state index contributed by atoms with van der Waals surface area (Å²) in [5.41, 5.74) is 4.10. The van der Waals surface area contributed by atoms with Crippen molar-refractivity contribution in [3.8, 4) is 0 Å². The first-order chi connectivity index (χ1) is 9.75. The Kier molecular flexibility index (Phi) is 3.33. The molecule has 2 aromatic heterocycles. The van der Waals surface area contributed by atoms with Gasteiger partial charge < -0.3 is 5.32 Å². The van der Waals surface area contributed by atoms with Crippen molar-refractivity contribution in [2.75, 3.05) is 11.9 Å². The molecule has 3 aromatic rings. The molecule has 3 rings (SSSR count). The maximum atomic E-state index is 4.39. The molecule has 1 aromatic carbocycles. The summed E-state index contributed by atoms with van der Waals surface area (Å²) in [6.07, 6.45) is 2.55. The Morgan fingerprint density at radius 1 is 1.15 bits per heavy atom. The fraction of sp³-hybridized carbons (Fsp3) is 0.267. The Balaban J connectivity index is 1.78. The second-order valence-corrected chi connectivity index (χ2v) is 4.79. The van der Waals surface area contributed by atoms with Crippen molar-refractivity contribution in [3.63, 3.8) is 0 Å². The molecule has 0 aliphatic heterocycles. The van der Waals surface area contributed by atoms with E-state index < -0.39 is 0 Å². The molecule has 5 heteroatoms. The van der Waals surface area contributed by atoms with Gasteiger partial charge in [-0.15, -0.1) is 0 Å². The SMILES string of the molecule is Cc1nn(C)c2c(NCCc3ccccc3)ncnc12. The van der Waals surface area contributed by atoms with Gasteiger partial charge in [-0.3, -0.25) is 4.68 Å². The van der Waals surface area contributed by atoms with E-state index in [1.807, 2.05) is 24.7 Å². The van der Waals surface area contributed by atoms with Crippen molar-refractivity contribution in [1.82, 2.24) is 19.7 Å². The number of hydrogen-bond donors (Lipinski definition) is 1. The highest BCUT2D eigenvalue weighted by atomic mass is 15.3. The third-order valence-corrected chi connectivity index (χ3v) is 3.34. The highest BCUT2D eigenvalue weighted by molar-refractivity contribution is 5.87. The number of nitrogens with zero attached hydrogens (tertiary/aromatic N) is 4. The van der Waals surface area contributed by atoms with Gasteiger partial charge in [0.05, 0.1) is 5.69 Å². The zero-order valence-electron chi connectivity index (χ0n) is 11.7. The standard InChI is InChI=1S/C15H17N5/c1-11-13-14(20(2)19-11)15(18-10-17-13)16-9-8-12-6-4-3-5-7-12/h3-7,10H,8-9H2,1-2H3,(H,16,17,18). The van der Waals surface area contributed by atoms with Crippen LogP contribution < -0.4 is 5.32 Å². The largest absolute Gasteiger partial charge is 0.368 e. The first-order valence-electron chi connectivity index (χ1n) is 6.68. The molecule has 20 heavy (non-hydrogen) atoms. The summed E-state index contributed by atoms with van der Waals surface area (Å²) in [4.78, 5) is 8.62. The summed E-state index contributed by atoms with van der Waals surface area (Å²) in [5, 5.41) is 7.77. The third kappa shape index (κ3) is 2.34. The lowest BCUT2D eigenvalue weighted by atomic mass is 10.1. The van der Waals surface area contributed by atoms with Gasteiger partial charge in [-0.25, -0.2) is 9.97 Å². The van der Waals surface area contributed by atoms with Gasteiger partial charge in [-0.05, 0) is 18.9 Å². The molecule has 0 spiro atoms. The number of anilines is 1. The van der Waals surface area contributed by atoms with E-state index in [0.717, 1.165) is 35.5 Å². The van der Waals surface area contributed by atoms with E-state index in [-0.39, 0.29) is 0 Å². The molecule has 102 valence electrons. The van der Waals surface area contributed by atoms with E-state index in [9.17, 15) is 0 Å². The molecule has 0 aliphatic rings. The summed E-state index contributed by atoms with van der Waals surface area (Å²) in [6.45, 7) is 2.80. The third-order valence-electron chi connectivity index (χ3n) is 3.34. The summed E-state index contributed by atoms with van der Waals surface area (Å²) < 4.78 is 1.83. The summed E-state index contributed by atoms with van der Waals surface area (Å²) in [6, 6.07) is 10.4. The van der Waals surface area contributed by atoms with E-state index in [2.05, 4.69) is 44.6 Å². The van der Waals surface area contributed by atoms with E-state index in [1.54, 1.807) is 6.33 Å². The minimum absolute atomic E-state index is 0.834. The van der Waals surface area contributed by atoms with Gasteiger partial charge in [-0.1, -0.05) is 30.3 Å². The van der Waals surface area contributed by atoms with Crippen LogP contribution in [0, 0.1) is 6.92 Å². The second-order valence-electron chi connectivity index (χ2n) is 4.79.